The minimum atomic E-state index is -0.723. The molecule has 0 radical (unpaired) electrons. The molecule has 2 aromatic rings. The average Bonchev–Trinajstić information content (AvgIpc) is 2.69. The zero-order chi connectivity index (χ0) is 19.6. The molecule has 2 rings (SSSR count). The van der Waals surface area contributed by atoms with Gasteiger partial charge in [0.15, 0.2) is 6.61 Å². The van der Waals surface area contributed by atoms with E-state index in [2.05, 4.69) is 5.32 Å². The third kappa shape index (κ3) is 6.27. The number of hydrogen-bond acceptors (Lipinski definition) is 4. The number of aliphatic hydroxyl groups excluding tert-OH is 1. The van der Waals surface area contributed by atoms with Gasteiger partial charge in [0.1, 0.15) is 11.8 Å². The van der Waals surface area contributed by atoms with Crippen LogP contribution in [0.1, 0.15) is 12.5 Å². The molecule has 7 heteroatoms. The summed E-state index contributed by atoms with van der Waals surface area (Å²) in [4.78, 5) is 26.5. The van der Waals surface area contributed by atoms with Crippen molar-refractivity contribution in [2.24, 2.45) is 0 Å². The van der Waals surface area contributed by atoms with E-state index < -0.39 is 6.04 Å². The summed E-state index contributed by atoms with van der Waals surface area (Å²) < 4.78 is 5.53. The number of nitrogens with one attached hydrogen (secondary N) is 1. The molecule has 0 spiro atoms. The molecular weight excluding hydrogens is 368 g/mol. The zero-order valence-electron chi connectivity index (χ0n) is 15.1. The lowest BCUT2D eigenvalue weighted by molar-refractivity contribution is -0.142. The second kappa shape index (κ2) is 10.5. The van der Waals surface area contributed by atoms with E-state index in [1.165, 1.54) is 4.90 Å². The fourth-order valence-corrected chi connectivity index (χ4v) is 2.66. The van der Waals surface area contributed by atoms with Crippen molar-refractivity contribution in [2.45, 2.75) is 19.5 Å². The van der Waals surface area contributed by atoms with E-state index in [1.54, 1.807) is 31.2 Å². The first kappa shape index (κ1) is 20.7. The Bertz CT molecular complexity index is 755. The van der Waals surface area contributed by atoms with Crippen LogP contribution in [0.15, 0.2) is 54.6 Å². The van der Waals surface area contributed by atoms with Gasteiger partial charge in [0.05, 0.1) is 11.6 Å². The van der Waals surface area contributed by atoms with Gasteiger partial charge in [0, 0.05) is 13.1 Å². The van der Waals surface area contributed by atoms with Crippen LogP contribution in [0.25, 0.3) is 0 Å². The van der Waals surface area contributed by atoms with E-state index in [1.807, 2.05) is 30.3 Å². The lowest BCUT2D eigenvalue weighted by Crippen LogP contribution is -2.49. The Morgan fingerprint density at radius 2 is 1.81 bits per heavy atom. The van der Waals surface area contributed by atoms with Crippen LogP contribution in [0.4, 0.5) is 0 Å². The van der Waals surface area contributed by atoms with Gasteiger partial charge in [-0.05, 0) is 24.6 Å². The van der Waals surface area contributed by atoms with Gasteiger partial charge in [-0.25, -0.2) is 0 Å². The summed E-state index contributed by atoms with van der Waals surface area (Å²) in [5.74, 6) is -0.277. The van der Waals surface area contributed by atoms with Gasteiger partial charge in [-0.15, -0.1) is 0 Å². The monoisotopic (exact) mass is 390 g/mol. The fraction of sp³-hybridized carbons (Fsp3) is 0.300. The Morgan fingerprint density at radius 1 is 1.15 bits per heavy atom. The maximum atomic E-state index is 12.8. The highest BCUT2D eigenvalue weighted by molar-refractivity contribution is 6.32. The normalized spacial score (nSPS) is 11.5. The molecule has 2 amide bonds. The zero-order valence-corrected chi connectivity index (χ0v) is 15.9. The van der Waals surface area contributed by atoms with Gasteiger partial charge in [0.2, 0.25) is 5.91 Å². The average molecular weight is 391 g/mol. The summed E-state index contributed by atoms with van der Waals surface area (Å²) >= 11 is 6.05. The molecule has 0 aliphatic heterocycles. The molecule has 6 nitrogen and oxygen atoms in total. The topological polar surface area (TPSA) is 78.9 Å². The molecule has 1 unspecified atom stereocenters. The van der Waals surface area contributed by atoms with Crippen LogP contribution < -0.4 is 10.1 Å². The van der Waals surface area contributed by atoms with Crippen molar-refractivity contribution in [3.05, 3.63) is 65.2 Å². The van der Waals surface area contributed by atoms with E-state index in [0.29, 0.717) is 10.8 Å². The van der Waals surface area contributed by atoms with Crippen molar-refractivity contribution in [2.75, 3.05) is 19.8 Å². The third-order valence-corrected chi connectivity index (χ3v) is 4.27. The van der Waals surface area contributed by atoms with E-state index >= 15 is 0 Å². The smallest absolute Gasteiger partial charge is 0.261 e. The lowest BCUT2D eigenvalue weighted by atomic mass is 10.1. The van der Waals surface area contributed by atoms with Crippen LogP contribution in [0.3, 0.4) is 0 Å². The molecule has 0 saturated heterocycles. The van der Waals surface area contributed by atoms with Crippen molar-refractivity contribution in [1.82, 2.24) is 10.2 Å². The molecule has 0 fully saturated rings. The van der Waals surface area contributed by atoms with Gasteiger partial charge in [-0.3, -0.25) is 9.59 Å². The van der Waals surface area contributed by atoms with Gasteiger partial charge in [-0.1, -0.05) is 54.1 Å². The van der Waals surface area contributed by atoms with Crippen LogP contribution in [-0.4, -0.2) is 47.6 Å². The molecule has 27 heavy (non-hydrogen) atoms. The minimum absolute atomic E-state index is 0.132. The molecule has 2 N–H and O–H groups in total. The molecule has 0 aliphatic rings. The van der Waals surface area contributed by atoms with E-state index in [-0.39, 0.29) is 38.1 Å². The Balaban J connectivity index is 2.11. The minimum Gasteiger partial charge on any atom is -0.482 e. The molecule has 1 atom stereocenters. The fourth-order valence-electron chi connectivity index (χ4n) is 2.47. The predicted molar refractivity (Wildman–Crippen MR) is 103 cm³/mol. The van der Waals surface area contributed by atoms with E-state index in [0.717, 1.165) is 5.56 Å². The first-order chi connectivity index (χ1) is 13.0. The highest BCUT2D eigenvalue weighted by atomic mass is 35.5. The summed E-state index contributed by atoms with van der Waals surface area (Å²) in [6, 6.07) is 15.5. The van der Waals surface area contributed by atoms with Gasteiger partial charge in [-0.2, -0.15) is 0 Å². The summed E-state index contributed by atoms with van der Waals surface area (Å²) in [5, 5.41) is 11.9. The largest absolute Gasteiger partial charge is 0.482 e. The quantitative estimate of drug-likeness (QED) is 0.688. The van der Waals surface area contributed by atoms with Crippen molar-refractivity contribution >= 4 is 23.4 Å². The van der Waals surface area contributed by atoms with Crippen molar-refractivity contribution < 1.29 is 19.4 Å². The number of nitrogens with zero attached hydrogens (tertiary/aromatic N) is 1. The van der Waals surface area contributed by atoms with Gasteiger partial charge in [0.25, 0.3) is 5.91 Å². The molecule has 0 bridgehead atoms. The predicted octanol–water partition coefficient (Wildman–Crippen LogP) is 2.24. The summed E-state index contributed by atoms with van der Waals surface area (Å²) in [6.07, 6.45) is 0. The number of benzene rings is 2. The number of rotatable bonds is 9. The van der Waals surface area contributed by atoms with Crippen LogP contribution in [-0.2, 0) is 16.1 Å². The summed E-state index contributed by atoms with van der Waals surface area (Å²) in [5.41, 5.74) is 0.894. The maximum Gasteiger partial charge on any atom is 0.261 e. The summed E-state index contributed by atoms with van der Waals surface area (Å²) in [6.45, 7) is 1.63. The number of amides is 2. The number of halogens is 1. The molecule has 0 aliphatic carbocycles. The Hall–Kier alpha value is -2.57. The first-order valence-corrected chi connectivity index (χ1v) is 9.00. The first-order valence-electron chi connectivity index (χ1n) is 8.62. The maximum absolute atomic E-state index is 12.8. The van der Waals surface area contributed by atoms with Gasteiger partial charge < -0.3 is 20.1 Å². The van der Waals surface area contributed by atoms with E-state index in [9.17, 15) is 9.59 Å². The number of aliphatic hydroxyl groups is 1. The second-order valence-corrected chi connectivity index (χ2v) is 6.32. The van der Waals surface area contributed by atoms with Crippen molar-refractivity contribution in [3.63, 3.8) is 0 Å². The molecule has 144 valence electrons. The lowest BCUT2D eigenvalue weighted by Gasteiger charge is -2.28. The van der Waals surface area contributed by atoms with Crippen LogP contribution in [0, 0.1) is 0 Å². The number of carbonyl (C=O) groups is 2. The number of carbonyl (C=O) groups excluding carboxylic acids is 2. The molecule has 2 aromatic carbocycles. The number of para-hydroxylation sites is 1. The van der Waals surface area contributed by atoms with Gasteiger partial charge >= 0.3 is 0 Å². The van der Waals surface area contributed by atoms with Crippen LogP contribution in [0.2, 0.25) is 5.02 Å². The highest BCUT2D eigenvalue weighted by Crippen LogP contribution is 2.23. The molecule has 0 aromatic heterocycles. The van der Waals surface area contributed by atoms with Crippen molar-refractivity contribution in [3.8, 4) is 5.75 Å². The molecule has 0 saturated carbocycles. The van der Waals surface area contributed by atoms with Crippen LogP contribution in [0.5, 0.6) is 5.75 Å². The van der Waals surface area contributed by atoms with E-state index in [4.69, 9.17) is 21.4 Å². The van der Waals surface area contributed by atoms with Crippen molar-refractivity contribution in [1.29, 1.82) is 0 Å². The third-order valence-electron chi connectivity index (χ3n) is 3.96. The second-order valence-electron chi connectivity index (χ2n) is 5.92. The Kier molecular flexibility index (Phi) is 8.10. The summed E-state index contributed by atoms with van der Waals surface area (Å²) in [7, 11) is 0. The standard InChI is InChI=1S/C20H23ClN2O4/c1-15(20(26)22-11-12-24)23(13-16-7-3-2-4-8-16)19(25)14-27-18-10-6-5-9-17(18)21/h2-10,15,24H,11-14H2,1H3,(H,22,26). The Labute approximate surface area is 163 Å². The number of hydrogen-bond donors (Lipinski definition) is 2. The molecular formula is C20H23ClN2O4. The highest BCUT2D eigenvalue weighted by Gasteiger charge is 2.26. The SMILES string of the molecule is CC(C(=O)NCCO)N(Cc1ccccc1)C(=O)COc1ccccc1Cl. The Morgan fingerprint density at radius 3 is 2.48 bits per heavy atom. The molecule has 0 heterocycles. The number of ether oxygens (including phenoxy) is 1. The van der Waals surface area contributed by atoms with Crippen LogP contribution >= 0.6 is 11.6 Å².